The molecule has 7 nitrogen and oxygen atoms in total. The number of hydrogen-bond donors (Lipinski definition) is 1. The summed E-state index contributed by atoms with van der Waals surface area (Å²) in [4.78, 5) is 23.2. The van der Waals surface area contributed by atoms with Crippen LogP contribution in [0.2, 0.25) is 0 Å². The van der Waals surface area contributed by atoms with Gasteiger partial charge in [0, 0.05) is 55.2 Å². The standard InChI is InChI=1S/C21H25N5O2/c27-20(5-8-24-10-7-23-15-24)26-17-1-2-18(26)12-21(28,11-17)14-25-9-4-16-3-6-22-13-19(16)25/h3-4,6-7,9-10,13,15,17-18,28H,1-2,5,8,11-12,14H2. The predicted octanol–water partition coefficient (Wildman–Crippen LogP) is 2.21. The van der Waals surface area contributed by atoms with Gasteiger partial charge in [0.2, 0.25) is 5.91 Å². The maximum Gasteiger partial charge on any atom is 0.224 e. The second-order valence-corrected chi connectivity index (χ2v) is 8.25. The van der Waals surface area contributed by atoms with Crippen molar-refractivity contribution in [3.8, 4) is 0 Å². The van der Waals surface area contributed by atoms with Crippen molar-refractivity contribution >= 4 is 16.8 Å². The van der Waals surface area contributed by atoms with Gasteiger partial charge in [0.25, 0.3) is 0 Å². The van der Waals surface area contributed by atoms with E-state index in [4.69, 9.17) is 0 Å². The van der Waals surface area contributed by atoms with Crippen molar-refractivity contribution in [2.24, 2.45) is 0 Å². The number of aliphatic hydroxyl groups is 1. The number of carbonyl (C=O) groups excluding carboxylic acids is 1. The maximum absolute atomic E-state index is 12.9. The monoisotopic (exact) mass is 379 g/mol. The van der Waals surface area contributed by atoms with E-state index in [-0.39, 0.29) is 18.0 Å². The predicted molar refractivity (Wildman–Crippen MR) is 104 cm³/mol. The fraction of sp³-hybridized carbons (Fsp3) is 0.476. The Morgan fingerprint density at radius 3 is 2.71 bits per heavy atom. The molecule has 1 N–H and O–H groups in total. The van der Waals surface area contributed by atoms with E-state index in [2.05, 4.69) is 25.5 Å². The Morgan fingerprint density at radius 2 is 1.96 bits per heavy atom. The Labute approximate surface area is 163 Å². The quantitative estimate of drug-likeness (QED) is 0.737. The first-order chi connectivity index (χ1) is 13.6. The van der Waals surface area contributed by atoms with Crippen LogP contribution in [0.15, 0.2) is 49.4 Å². The van der Waals surface area contributed by atoms with Crippen molar-refractivity contribution < 1.29 is 9.90 Å². The number of hydrogen-bond acceptors (Lipinski definition) is 4. The molecule has 2 saturated heterocycles. The number of amides is 1. The summed E-state index contributed by atoms with van der Waals surface area (Å²) < 4.78 is 4.03. The first-order valence-electron chi connectivity index (χ1n) is 9.99. The summed E-state index contributed by atoms with van der Waals surface area (Å²) in [6.45, 7) is 1.20. The molecular weight excluding hydrogens is 354 g/mol. The third-order valence-electron chi connectivity index (χ3n) is 6.32. The molecule has 3 aromatic rings. The minimum absolute atomic E-state index is 0.138. The van der Waals surface area contributed by atoms with Gasteiger partial charge in [-0.2, -0.15) is 0 Å². The van der Waals surface area contributed by atoms with Gasteiger partial charge < -0.3 is 19.1 Å². The normalized spacial score (nSPS) is 26.8. The molecule has 28 heavy (non-hydrogen) atoms. The average Bonchev–Trinajstić information content (AvgIpc) is 3.40. The molecule has 0 aromatic carbocycles. The van der Waals surface area contributed by atoms with E-state index < -0.39 is 5.60 Å². The number of fused-ring (bicyclic) bond motifs is 3. The summed E-state index contributed by atoms with van der Waals surface area (Å²) in [5.41, 5.74) is 0.261. The van der Waals surface area contributed by atoms with E-state index in [1.165, 1.54) is 0 Å². The van der Waals surface area contributed by atoms with Gasteiger partial charge in [-0.1, -0.05) is 0 Å². The molecule has 2 atom stereocenters. The van der Waals surface area contributed by atoms with Crippen LogP contribution in [0.25, 0.3) is 10.9 Å². The van der Waals surface area contributed by atoms with E-state index in [9.17, 15) is 9.90 Å². The summed E-state index contributed by atoms with van der Waals surface area (Å²) in [6.07, 6.45) is 14.7. The van der Waals surface area contributed by atoms with Crippen LogP contribution >= 0.6 is 0 Å². The minimum Gasteiger partial charge on any atom is -0.388 e. The van der Waals surface area contributed by atoms with Crippen LogP contribution in [0, 0.1) is 0 Å². The zero-order valence-corrected chi connectivity index (χ0v) is 15.8. The van der Waals surface area contributed by atoms with E-state index in [1.54, 1.807) is 18.7 Å². The molecule has 2 fully saturated rings. The highest BCUT2D eigenvalue weighted by molar-refractivity contribution is 5.79. The van der Waals surface area contributed by atoms with Crippen molar-refractivity contribution in [3.05, 3.63) is 49.4 Å². The number of pyridine rings is 1. The van der Waals surface area contributed by atoms with Crippen molar-refractivity contribution in [1.82, 2.24) is 24.0 Å². The van der Waals surface area contributed by atoms with Gasteiger partial charge >= 0.3 is 0 Å². The lowest BCUT2D eigenvalue weighted by molar-refractivity contribution is -0.142. The number of nitrogens with zero attached hydrogens (tertiary/aromatic N) is 5. The van der Waals surface area contributed by atoms with Crippen LogP contribution in [-0.4, -0.2) is 52.7 Å². The molecule has 3 aromatic heterocycles. The Kier molecular flexibility index (Phi) is 4.19. The summed E-state index contributed by atoms with van der Waals surface area (Å²) in [7, 11) is 0. The Morgan fingerprint density at radius 1 is 1.14 bits per heavy atom. The third kappa shape index (κ3) is 3.09. The SMILES string of the molecule is O=C(CCn1ccnc1)N1C2CCC1CC(O)(Cn1ccc3ccncc31)C2. The molecular formula is C21H25N5O2. The molecule has 5 heterocycles. The van der Waals surface area contributed by atoms with Gasteiger partial charge in [0.15, 0.2) is 0 Å². The highest BCUT2D eigenvalue weighted by Gasteiger charge is 2.49. The van der Waals surface area contributed by atoms with E-state index >= 15 is 0 Å². The van der Waals surface area contributed by atoms with Crippen molar-refractivity contribution in [1.29, 1.82) is 0 Å². The van der Waals surface area contributed by atoms with E-state index in [1.807, 2.05) is 29.2 Å². The maximum atomic E-state index is 12.9. The third-order valence-corrected chi connectivity index (χ3v) is 6.32. The minimum atomic E-state index is -0.783. The Bertz CT molecular complexity index is 966. The van der Waals surface area contributed by atoms with Gasteiger partial charge in [-0.25, -0.2) is 4.98 Å². The lowest BCUT2D eigenvalue weighted by atomic mass is 9.85. The molecule has 2 unspecified atom stereocenters. The van der Waals surface area contributed by atoms with Gasteiger partial charge in [0.05, 0.1) is 30.2 Å². The van der Waals surface area contributed by atoms with Crippen molar-refractivity contribution in [2.75, 3.05) is 0 Å². The molecule has 0 radical (unpaired) electrons. The summed E-state index contributed by atoms with van der Waals surface area (Å²) >= 11 is 0. The van der Waals surface area contributed by atoms with Crippen LogP contribution in [0.3, 0.4) is 0 Å². The first-order valence-corrected chi connectivity index (χ1v) is 9.99. The number of aromatic nitrogens is 4. The zero-order valence-electron chi connectivity index (χ0n) is 15.8. The molecule has 2 aliphatic heterocycles. The number of aryl methyl sites for hydroxylation is 1. The molecule has 1 amide bonds. The number of imidazole rings is 1. The summed E-state index contributed by atoms with van der Waals surface area (Å²) in [5.74, 6) is 0.193. The second-order valence-electron chi connectivity index (χ2n) is 8.25. The fourth-order valence-corrected chi connectivity index (χ4v) is 5.11. The molecule has 0 saturated carbocycles. The Hall–Kier alpha value is -2.67. The van der Waals surface area contributed by atoms with Gasteiger partial charge in [0.1, 0.15) is 0 Å². The second kappa shape index (κ2) is 6.74. The number of rotatable bonds is 5. The van der Waals surface area contributed by atoms with Gasteiger partial charge in [-0.15, -0.1) is 0 Å². The van der Waals surface area contributed by atoms with Gasteiger partial charge in [-0.3, -0.25) is 9.78 Å². The lowest BCUT2D eigenvalue weighted by Gasteiger charge is -2.44. The van der Waals surface area contributed by atoms with E-state index in [0.717, 1.165) is 23.7 Å². The lowest BCUT2D eigenvalue weighted by Crippen LogP contribution is -2.54. The smallest absolute Gasteiger partial charge is 0.224 e. The highest BCUT2D eigenvalue weighted by atomic mass is 16.3. The van der Waals surface area contributed by atoms with Gasteiger partial charge in [-0.05, 0) is 37.8 Å². The first kappa shape index (κ1) is 17.4. The van der Waals surface area contributed by atoms with E-state index in [0.29, 0.717) is 32.4 Å². The molecule has 5 rings (SSSR count). The fourth-order valence-electron chi connectivity index (χ4n) is 5.11. The largest absolute Gasteiger partial charge is 0.388 e. The topological polar surface area (TPSA) is 76.2 Å². The summed E-state index contributed by atoms with van der Waals surface area (Å²) in [6, 6.07) is 4.32. The molecule has 7 heteroatoms. The van der Waals surface area contributed by atoms with Crippen molar-refractivity contribution in [3.63, 3.8) is 0 Å². The van der Waals surface area contributed by atoms with Crippen LogP contribution < -0.4 is 0 Å². The molecule has 2 bridgehead atoms. The van der Waals surface area contributed by atoms with Crippen molar-refractivity contribution in [2.45, 2.75) is 62.9 Å². The molecule has 146 valence electrons. The van der Waals surface area contributed by atoms with Crippen LogP contribution in [0.1, 0.15) is 32.1 Å². The highest BCUT2D eigenvalue weighted by Crippen LogP contribution is 2.42. The van der Waals surface area contributed by atoms with Crippen LogP contribution in [0.5, 0.6) is 0 Å². The number of piperidine rings is 1. The van der Waals surface area contributed by atoms with Crippen LogP contribution in [0.4, 0.5) is 0 Å². The van der Waals surface area contributed by atoms with Crippen LogP contribution in [-0.2, 0) is 17.9 Å². The Balaban J connectivity index is 1.28. The average molecular weight is 379 g/mol. The molecule has 2 aliphatic rings. The molecule has 0 aliphatic carbocycles. The molecule has 0 spiro atoms. The summed E-state index contributed by atoms with van der Waals surface area (Å²) in [5, 5.41) is 12.5. The zero-order chi connectivity index (χ0) is 19.1. The number of carbonyl (C=O) groups is 1.